The van der Waals surface area contributed by atoms with Crippen LogP contribution >= 0.6 is 11.8 Å². The maximum Gasteiger partial charge on any atom is 0.246 e. The number of β-amino-alcohol motifs (C(OH)–C–C–N with tert-alkyl or cyclic N) is 1. The molecule has 8 heteroatoms. The highest BCUT2D eigenvalue weighted by molar-refractivity contribution is 8.07. The fourth-order valence-corrected chi connectivity index (χ4v) is 4.69. The van der Waals surface area contributed by atoms with Gasteiger partial charge in [-0.25, -0.2) is 0 Å². The van der Waals surface area contributed by atoms with E-state index in [2.05, 4.69) is 30.7 Å². The van der Waals surface area contributed by atoms with Gasteiger partial charge in [-0.2, -0.15) is 0 Å². The Morgan fingerprint density at radius 3 is 2.28 bits per heavy atom. The molecule has 1 fully saturated rings. The van der Waals surface area contributed by atoms with Gasteiger partial charge in [-0.3, -0.25) is 14.4 Å². The molecule has 0 spiro atoms. The van der Waals surface area contributed by atoms with E-state index in [1.165, 1.54) is 22.3 Å². The van der Waals surface area contributed by atoms with Crippen LogP contribution in [0.2, 0.25) is 0 Å². The van der Waals surface area contributed by atoms with Crippen molar-refractivity contribution in [2.45, 2.75) is 65.8 Å². The van der Waals surface area contributed by atoms with Gasteiger partial charge in [-0.15, -0.1) is 11.8 Å². The minimum Gasteiger partial charge on any atom is -0.391 e. The monoisotopic (exact) mass is 461 g/mol. The SMILES string of the molecule is CSC(=C(C)C)c1ccc(CNC(=O)[C@@H]2C[C@@H](O)CN2C(=O)[C@@H](NC(C)=O)C(C)C)cc1. The van der Waals surface area contributed by atoms with Crippen LogP contribution < -0.4 is 10.6 Å². The number of carbonyl (C=O) groups is 3. The Morgan fingerprint density at radius 2 is 1.78 bits per heavy atom. The maximum absolute atomic E-state index is 13.1. The zero-order valence-corrected chi connectivity index (χ0v) is 20.6. The van der Waals surface area contributed by atoms with Gasteiger partial charge in [-0.05, 0) is 37.1 Å². The Hall–Kier alpha value is -2.32. The summed E-state index contributed by atoms with van der Waals surface area (Å²) in [5.41, 5.74) is 3.34. The number of hydrogen-bond donors (Lipinski definition) is 3. The molecule has 0 aliphatic carbocycles. The highest BCUT2D eigenvalue weighted by atomic mass is 32.2. The lowest BCUT2D eigenvalue weighted by Crippen LogP contribution is -2.55. The van der Waals surface area contributed by atoms with Gasteiger partial charge in [0.2, 0.25) is 17.7 Å². The largest absolute Gasteiger partial charge is 0.391 e. The van der Waals surface area contributed by atoms with Crippen molar-refractivity contribution in [1.82, 2.24) is 15.5 Å². The Morgan fingerprint density at radius 1 is 1.16 bits per heavy atom. The van der Waals surface area contributed by atoms with Gasteiger partial charge in [0.1, 0.15) is 12.1 Å². The summed E-state index contributed by atoms with van der Waals surface area (Å²) in [7, 11) is 0. The standard InChI is InChI=1S/C24H35N3O4S/c1-14(2)21(26-16(5)28)24(31)27-13-19(29)11-20(27)23(30)25-12-17-7-9-18(10-8-17)22(32-6)15(3)4/h7-10,14,19-21,29H,11-13H2,1-6H3,(H,25,30)(H,26,28)/t19-,20+,21+/m1/s1. The lowest BCUT2D eigenvalue weighted by molar-refractivity contribution is -0.142. The molecule has 1 aliphatic heterocycles. The first-order chi connectivity index (χ1) is 15.0. The van der Waals surface area contributed by atoms with Crippen molar-refractivity contribution in [2.24, 2.45) is 5.92 Å². The summed E-state index contributed by atoms with van der Waals surface area (Å²) in [5.74, 6) is -1.10. The second-order valence-electron chi connectivity index (χ2n) is 8.77. The fraction of sp³-hybridized carbons (Fsp3) is 0.542. The highest BCUT2D eigenvalue weighted by Crippen LogP contribution is 2.28. The molecule has 0 bridgehead atoms. The number of nitrogens with zero attached hydrogens (tertiary/aromatic N) is 1. The van der Waals surface area contributed by atoms with E-state index in [0.717, 1.165) is 11.1 Å². The zero-order chi connectivity index (χ0) is 24.0. The molecule has 1 saturated heterocycles. The van der Waals surface area contributed by atoms with Crippen molar-refractivity contribution in [3.05, 3.63) is 41.0 Å². The zero-order valence-electron chi connectivity index (χ0n) is 19.8. The third-order valence-electron chi connectivity index (χ3n) is 5.50. The molecule has 1 heterocycles. The number of likely N-dealkylation sites (tertiary alicyclic amines) is 1. The van der Waals surface area contributed by atoms with Crippen LogP contribution in [-0.2, 0) is 20.9 Å². The summed E-state index contributed by atoms with van der Waals surface area (Å²) < 4.78 is 0. The quantitative estimate of drug-likeness (QED) is 0.553. The predicted octanol–water partition coefficient (Wildman–Crippen LogP) is 2.54. The highest BCUT2D eigenvalue weighted by Gasteiger charge is 2.41. The van der Waals surface area contributed by atoms with Crippen LogP contribution in [0.4, 0.5) is 0 Å². The Balaban J connectivity index is 2.07. The van der Waals surface area contributed by atoms with E-state index >= 15 is 0 Å². The first-order valence-electron chi connectivity index (χ1n) is 10.9. The molecule has 0 unspecified atom stereocenters. The number of rotatable bonds is 8. The van der Waals surface area contributed by atoms with Crippen LogP contribution in [-0.4, -0.2) is 58.7 Å². The molecule has 0 saturated carbocycles. The van der Waals surface area contributed by atoms with Crippen LogP contribution in [0.5, 0.6) is 0 Å². The Kier molecular flexibility index (Phi) is 9.33. The molecular weight excluding hydrogens is 426 g/mol. The van der Waals surface area contributed by atoms with Crippen molar-refractivity contribution in [3.63, 3.8) is 0 Å². The lowest BCUT2D eigenvalue weighted by atomic mass is 10.0. The van der Waals surface area contributed by atoms with E-state index in [-0.39, 0.29) is 36.6 Å². The molecule has 0 aromatic heterocycles. The van der Waals surface area contributed by atoms with Crippen LogP contribution in [0.15, 0.2) is 29.8 Å². The number of thioether (sulfide) groups is 1. The molecule has 0 radical (unpaired) electrons. The Labute approximate surface area is 195 Å². The van der Waals surface area contributed by atoms with Crippen molar-refractivity contribution in [3.8, 4) is 0 Å². The number of nitrogens with one attached hydrogen (secondary N) is 2. The molecule has 3 N–H and O–H groups in total. The summed E-state index contributed by atoms with van der Waals surface area (Å²) in [5, 5.41) is 15.7. The van der Waals surface area contributed by atoms with Crippen molar-refractivity contribution < 1.29 is 19.5 Å². The molecule has 1 aromatic carbocycles. The second kappa shape index (κ2) is 11.5. The van der Waals surface area contributed by atoms with Crippen LogP contribution in [0.1, 0.15) is 52.2 Å². The maximum atomic E-state index is 13.1. The number of allylic oxidation sites excluding steroid dienone is 1. The molecule has 3 atom stereocenters. The molecule has 2 rings (SSSR count). The number of hydrogen-bond acceptors (Lipinski definition) is 5. The molecule has 1 aliphatic rings. The third kappa shape index (κ3) is 6.59. The number of amides is 3. The van der Waals surface area contributed by atoms with Crippen molar-refractivity contribution in [1.29, 1.82) is 0 Å². The summed E-state index contributed by atoms with van der Waals surface area (Å²) in [6.45, 7) is 9.60. The molecule has 32 heavy (non-hydrogen) atoms. The molecular formula is C24H35N3O4S. The van der Waals surface area contributed by atoms with Gasteiger partial charge in [0.15, 0.2) is 0 Å². The topological polar surface area (TPSA) is 98.7 Å². The van der Waals surface area contributed by atoms with E-state index in [1.807, 2.05) is 38.1 Å². The number of aliphatic hydroxyl groups is 1. The molecule has 1 aromatic rings. The van der Waals surface area contributed by atoms with E-state index in [4.69, 9.17) is 0 Å². The minimum absolute atomic E-state index is 0.0780. The minimum atomic E-state index is -0.770. The van der Waals surface area contributed by atoms with E-state index < -0.39 is 18.2 Å². The number of benzene rings is 1. The normalized spacial score (nSPS) is 18.9. The van der Waals surface area contributed by atoms with E-state index in [9.17, 15) is 19.5 Å². The predicted molar refractivity (Wildman–Crippen MR) is 129 cm³/mol. The van der Waals surface area contributed by atoms with Crippen LogP contribution in [0.25, 0.3) is 4.91 Å². The summed E-state index contributed by atoms with van der Waals surface area (Å²) in [4.78, 5) is 40.1. The molecule has 7 nitrogen and oxygen atoms in total. The first-order valence-corrected chi connectivity index (χ1v) is 12.1. The smallest absolute Gasteiger partial charge is 0.246 e. The van der Waals surface area contributed by atoms with Gasteiger partial charge in [-0.1, -0.05) is 43.7 Å². The van der Waals surface area contributed by atoms with Gasteiger partial charge >= 0.3 is 0 Å². The van der Waals surface area contributed by atoms with Gasteiger partial charge in [0.05, 0.1) is 6.10 Å². The summed E-state index contributed by atoms with van der Waals surface area (Å²) in [6, 6.07) is 6.54. The van der Waals surface area contributed by atoms with Crippen molar-refractivity contribution >= 4 is 34.4 Å². The van der Waals surface area contributed by atoms with E-state index in [1.54, 1.807) is 11.8 Å². The van der Waals surface area contributed by atoms with E-state index in [0.29, 0.717) is 6.54 Å². The third-order valence-corrected chi connectivity index (χ3v) is 6.55. The Bertz CT molecular complexity index is 863. The lowest BCUT2D eigenvalue weighted by Gasteiger charge is -2.30. The first kappa shape index (κ1) is 25.9. The van der Waals surface area contributed by atoms with Crippen molar-refractivity contribution in [2.75, 3.05) is 12.8 Å². The number of carbonyl (C=O) groups excluding carboxylic acids is 3. The van der Waals surface area contributed by atoms with Crippen LogP contribution in [0.3, 0.4) is 0 Å². The number of aliphatic hydroxyl groups excluding tert-OH is 1. The average molecular weight is 462 g/mol. The summed E-state index contributed by atoms with van der Waals surface area (Å²) >= 11 is 1.71. The molecule has 3 amide bonds. The average Bonchev–Trinajstić information content (AvgIpc) is 3.12. The fourth-order valence-electron chi connectivity index (χ4n) is 3.91. The second-order valence-corrected chi connectivity index (χ2v) is 9.58. The van der Waals surface area contributed by atoms with Crippen LogP contribution in [0, 0.1) is 5.92 Å². The van der Waals surface area contributed by atoms with Gasteiger partial charge in [0, 0.05) is 31.3 Å². The summed E-state index contributed by atoms with van der Waals surface area (Å²) in [6.07, 6.45) is 1.46. The van der Waals surface area contributed by atoms with Gasteiger partial charge < -0.3 is 20.6 Å². The van der Waals surface area contributed by atoms with Gasteiger partial charge in [0.25, 0.3) is 0 Å². The molecule has 176 valence electrons.